The number of piperidine rings is 1. The summed E-state index contributed by atoms with van der Waals surface area (Å²) in [6.45, 7) is 4.22. The first-order valence-corrected chi connectivity index (χ1v) is 6.24. The second kappa shape index (κ2) is 7.12. The Morgan fingerprint density at radius 3 is 2.67 bits per heavy atom. The molecule has 1 N–H and O–H groups in total. The average Bonchev–Trinajstić information content (AvgIpc) is 2.39. The van der Waals surface area contributed by atoms with Gasteiger partial charge in [0.15, 0.2) is 0 Å². The van der Waals surface area contributed by atoms with Crippen LogP contribution >= 0.6 is 24.8 Å². The molecule has 0 bridgehead atoms. The third-order valence-electron chi connectivity index (χ3n) is 3.43. The van der Waals surface area contributed by atoms with E-state index >= 15 is 0 Å². The number of nitrogens with one attached hydrogen (secondary N) is 1. The summed E-state index contributed by atoms with van der Waals surface area (Å²) in [5, 5.41) is 3.35. The van der Waals surface area contributed by atoms with E-state index < -0.39 is 0 Å². The van der Waals surface area contributed by atoms with Crippen molar-refractivity contribution in [2.24, 2.45) is 0 Å². The fourth-order valence-corrected chi connectivity index (χ4v) is 2.47. The largest absolute Gasteiger partial charge is 0.341 e. The quantitative estimate of drug-likeness (QED) is 0.858. The van der Waals surface area contributed by atoms with Crippen LogP contribution in [0, 0.1) is 0 Å². The van der Waals surface area contributed by atoms with E-state index in [2.05, 4.69) is 15.2 Å². The van der Waals surface area contributed by atoms with Gasteiger partial charge in [-0.05, 0) is 19.3 Å². The van der Waals surface area contributed by atoms with Gasteiger partial charge in [-0.15, -0.1) is 24.8 Å². The highest BCUT2D eigenvalue weighted by atomic mass is 35.5. The van der Waals surface area contributed by atoms with Crippen molar-refractivity contribution < 1.29 is 0 Å². The molecule has 18 heavy (non-hydrogen) atoms. The Balaban J connectivity index is 0.000000810. The average molecular weight is 291 g/mol. The molecular formula is C12H20Cl2N4. The fourth-order valence-electron chi connectivity index (χ4n) is 2.47. The zero-order valence-corrected chi connectivity index (χ0v) is 12.0. The summed E-state index contributed by atoms with van der Waals surface area (Å²) in [4.78, 5) is 11.5. The zero-order chi connectivity index (χ0) is 10.8. The summed E-state index contributed by atoms with van der Waals surface area (Å²) in [5.74, 6) is 0.945. The maximum Gasteiger partial charge on any atom is 0.225 e. The van der Waals surface area contributed by atoms with E-state index in [4.69, 9.17) is 4.98 Å². The van der Waals surface area contributed by atoms with Gasteiger partial charge in [-0.2, -0.15) is 0 Å². The normalized spacial score (nSPS) is 18.3. The van der Waals surface area contributed by atoms with Crippen LogP contribution in [0.2, 0.25) is 0 Å². The van der Waals surface area contributed by atoms with Crippen molar-refractivity contribution in [1.82, 2.24) is 15.3 Å². The Hall–Kier alpha value is -0.580. The van der Waals surface area contributed by atoms with Crippen molar-refractivity contribution in [3.05, 3.63) is 17.5 Å². The van der Waals surface area contributed by atoms with E-state index in [1.165, 1.54) is 30.5 Å². The Morgan fingerprint density at radius 1 is 1.11 bits per heavy atom. The first kappa shape index (κ1) is 15.5. The lowest BCUT2D eigenvalue weighted by atomic mass is 10.1. The van der Waals surface area contributed by atoms with Crippen LogP contribution in [-0.2, 0) is 13.0 Å². The van der Waals surface area contributed by atoms with E-state index in [1.807, 2.05) is 6.20 Å². The summed E-state index contributed by atoms with van der Waals surface area (Å²) >= 11 is 0. The molecule has 2 aliphatic rings. The van der Waals surface area contributed by atoms with Gasteiger partial charge in [-0.3, -0.25) is 0 Å². The Labute approximate surface area is 120 Å². The van der Waals surface area contributed by atoms with Crippen LogP contribution in [0.1, 0.15) is 30.5 Å². The summed E-state index contributed by atoms with van der Waals surface area (Å²) in [6.07, 6.45) is 6.95. The lowest BCUT2D eigenvalue weighted by molar-refractivity contribution is 0.562. The van der Waals surface area contributed by atoms with E-state index in [0.717, 1.165) is 38.5 Å². The molecule has 0 amide bonds. The summed E-state index contributed by atoms with van der Waals surface area (Å²) in [5.41, 5.74) is 2.52. The van der Waals surface area contributed by atoms with Crippen molar-refractivity contribution in [2.75, 3.05) is 24.5 Å². The molecule has 6 heteroatoms. The van der Waals surface area contributed by atoms with Gasteiger partial charge >= 0.3 is 0 Å². The molecule has 0 saturated carbocycles. The predicted molar refractivity (Wildman–Crippen MR) is 78.0 cm³/mol. The number of rotatable bonds is 1. The number of fused-ring (bicyclic) bond motifs is 1. The molecule has 102 valence electrons. The molecule has 1 saturated heterocycles. The lowest BCUT2D eigenvalue weighted by Gasteiger charge is -2.27. The first-order valence-electron chi connectivity index (χ1n) is 6.24. The van der Waals surface area contributed by atoms with Crippen LogP contribution in [-0.4, -0.2) is 29.6 Å². The van der Waals surface area contributed by atoms with Gasteiger partial charge in [-0.25, -0.2) is 9.97 Å². The fraction of sp³-hybridized carbons (Fsp3) is 0.667. The van der Waals surface area contributed by atoms with Crippen molar-refractivity contribution >= 4 is 30.8 Å². The molecule has 1 aromatic heterocycles. The number of aromatic nitrogens is 2. The molecule has 0 aromatic carbocycles. The molecule has 1 fully saturated rings. The lowest BCUT2D eigenvalue weighted by Crippen LogP contribution is -2.32. The zero-order valence-electron chi connectivity index (χ0n) is 10.4. The van der Waals surface area contributed by atoms with E-state index in [-0.39, 0.29) is 24.8 Å². The molecule has 1 aromatic rings. The Kier molecular flexibility index (Phi) is 6.12. The van der Waals surface area contributed by atoms with E-state index in [1.54, 1.807) is 0 Å². The van der Waals surface area contributed by atoms with Crippen LogP contribution in [0.25, 0.3) is 0 Å². The summed E-state index contributed by atoms with van der Waals surface area (Å²) in [6, 6.07) is 0. The minimum absolute atomic E-state index is 0. The molecule has 2 aliphatic heterocycles. The maximum atomic E-state index is 4.71. The van der Waals surface area contributed by atoms with E-state index in [0.29, 0.717) is 0 Å². The van der Waals surface area contributed by atoms with Gasteiger partial charge in [0.1, 0.15) is 0 Å². The smallest absolute Gasteiger partial charge is 0.225 e. The van der Waals surface area contributed by atoms with Gasteiger partial charge in [0.2, 0.25) is 5.95 Å². The molecule has 0 atom stereocenters. The van der Waals surface area contributed by atoms with Crippen LogP contribution in [0.3, 0.4) is 0 Å². The standard InChI is InChI=1S/C12H18N4.2ClH/c1-2-6-16(7-3-1)12-14-9-10-8-13-5-4-11(10)15-12;;/h9,13H,1-8H2;2*1H. The summed E-state index contributed by atoms with van der Waals surface area (Å²) in [7, 11) is 0. The molecule has 4 nitrogen and oxygen atoms in total. The van der Waals surface area contributed by atoms with Crippen molar-refractivity contribution in [3.63, 3.8) is 0 Å². The second-order valence-corrected chi connectivity index (χ2v) is 4.62. The SMILES string of the molecule is Cl.Cl.c1nc(N2CCCCC2)nc2c1CNCC2. The minimum Gasteiger partial charge on any atom is -0.341 e. The van der Waals surface area contributed by atoms with Gasteiger partial charge in [0.25, 0.3) is 0 Å². The molecule has 0 spiro atoms. The summed E-state index contributed by atoms with van der Waals surface area (Å²) < 4.78 is 0. The van der Waals surface area contributed by atoms with Gasteiger partial charge < -0.3 is 10.2 Å². The van der Waals surface area contributed by atoms with Crippen LogP contribution in [0.5, 0.6) is 0 Å². The van der Waals surface area contributed by atoms with Crippen LogP contribution in [0.15, 0.2) is 6.20 Å². The monoisotopic (exact) mass is 290 g/mol. The van der Waals surface area contributed by atoms with E-state index in [9.17, 15) is 0 Å². The first-order chi connectivity index (χ1) is 7.93. The number of hydrogen-bond donors (Lipinski definition) is 1. The molecule has 3 rings (SSSR count). The van der Waals surface area contributed by atoms with Crippen LogP contribution in [0.4, 0.5) is 5.95 Å². The number of halogens is 2. The van der Waals surface area contributed by atoms with Crippen molar-refractivity contribution in [1.29, 1.82) is 0 Å². The topological polar surface area (TPSA) is 41.1 Å². The second-order valence-electron chi connectivity index (χ2n) is 4.62. The molecule has 0 aliphatic carbocycles. The van der Waals surface area contributed by atoms with Gasteiger partial charge in [0, 0.05) is 44.4 Å². The van der Waals surface area contributed by atoms with Gasteiger partial charge in [-0.1, -0.05) is 0 Å². The van der Waals surface area contributed by atoms with Crippen molar-refractivity contribution in [2.45, 2.75) is 32.2 Å². The predicted octanol–water partition coefficient (Wildman–Crippen LogP) is 1.96. The van der Waals surface area contributed by atoms with Gasteiger partial charge in [0.05, 0.1) is 5.69 Å². The molecular weight excluding hydrogens is 271 g/mol. The Morgan fingerprint density at radius 2 is 1.89 bits per heavy atom. The highest BCUT2D eigenvalue weighted by molar-refractivity contribution is 5.85. The van der Waals surface area contributed by atoms with Crippen LogP contribution < -0.4 is 10.2 Å². The number of hydrogen-bond acceptors (Lipinski definition) is 4. The third kappa shape index (κ3) is 3.25. The Bertz CT molecular complexity index is 380. The highest BCUT2D eigenvalue weighted by Crippen LogP contribution is 2.18. The molecule has 3 heterocycles. The highest BCUT2D eigenvalue weighted by Gasteiger charge is 2.16. The molecule has 0 unspecified atom stereocenters. The molecule has 0 radical (unpaired) electrons. The number of anilines is 1. The minimum atomic E-state index is 0. The number of nitrogens with zero attached hydrogens (tertiary/aromatic N) is 3. The third-order valence-corrected chi connectivity index (χ3v) is 3.43. The maximum absolute atomic E-state index is 4.71. The van der Waals surface area contributed by atoms with Crippen molar-refractivity contribution in [3.8, 4) is 0 Å².